The Kier molecular flexibility index (Phi) is 3.77. The summed E-state index contributed by atoms with van der Waals surface area (Å²) in [6.45, 7) is 12.0. The van der Waals surface area contributed by atoms with E-state index in [2.05, 4.69) is 77.1 Å². The molecule has 2 aromatic heterocycles. The van der Waals surface area contributed by atoms with Gasteiger partial charge in [-0.05, 0) is 59.4 Å². The third kappa shape index (κ3) is 2.47. The fraction of sp³-hybridized carbons (Fsp3) is 0.346. The first-order valence-electron chi connectivity index (χ1n) is 10.2. The lowest BCUT2D eigenvalue weighted by molar-refractivity contribution is 0.333. The molecule has 0 fully saturated rings. The minimum Gasteiger partial charge on any atom is -0.255 e. The molecular weight excluding hydrogens is 358 g/mol. The van der Waals surface area contributed by atoms with Gasteiger partial charge in [-0.3, -0.25) is 4.98 Å². The molecule has 2 heterocycles. The van der Waals surface area contributed by atoms with Gasteiger partial charge in [0.05, 0.1) is 10.4 Å². The Hall–Kier alpha value is -2.19. The fourth-order valence-corrected chi connectivity index (χ4v) is 6.68. The first-order chi connectivity index (χ1) is 13.3. The number of hydrogen-bond acceptors (Lipinski definition) is 2. The van der Waals surface area contributed by atoms with Crippen LogP contribution in [0, 0.1) is 6.92 Å². The van der Waals surface area contributed by atoms with Crippen LogP contribution in [0.5, 0.6) is 0 Å². The van der Waals surface area contributed by atoms with E-state index in [1.165, 1.54) is 44.1 Å². The van der Waals surface area contributed by atoms with Gasteiger partial charge in [-0.1, -0.05) is 58.0 Å². The number of aryl methyl sites for hydroxylation is 1. The van der Waals surface area contributed by atoms with Crippen LogP contribution in [0.25, 0.3) is 31.4 Å². The molecule has 1 aliphatic carbocycles. The second kappa shape index (κ2) is 5.90. The van der Waals surface area contributed by atoms with Gasteiger partial charge in [-0.15, -0.1) is 11.3 Å². The molecule has 1 nitrogen and oxygen atoms in total. The molecule has 0 saturated heterocycles. The summed E-state index contributed by atoms with van der Waals surface area (Å²) >= 11 is 1.95. The van der Waals surface area contributed by atoms with Crippen LogP contribution in [0.3, 0.4) is 0 Å². The molecule has 0 N–H and O–H groups in total. The van der Waals surface area contributed by atoms with Gasteiger partial charge in [0.15, 0.2) is 0 Å². The molecule has 0 saturated carbocycles. The Bertz CT molecular complexity index is 1210. The number of pyridine rings is 1. The Balaban J connectivity index is 1.93. The minimum absolute atomic E-state index is 0.205. The molecule has 142 valence electrons. The molecule has 0 aliphatic heterocycles. The van der Waals surface area contributed by atoms with Gasteiger partial charge in [0, 0.05) is 27.2 Å². The second-order valence-corrected chi connectivity index (χ2v) is 10.6. The van der Waals surface area contributed by atoms with Crippen LogP contribution in [-0.4, -0.2) is 4.98 Å². The van der Waals surface area contributed by atoms with Crippen LogP contribution in [0.4, 0.5) is 0 Å². The Morgan fingerprint density at radius 3 is 2.21 bits per heavy atom. The molecular formula is C26H27NS. The third-order valence-corrected chi connectivity index (χ3v) is 7.90. The zero-order valence-corrected chi connectivity index (χ0v) is 18.2. The Morgan fingerprint density at radius 2 is 1.50 bits per heavy atom. The van der Waals surface area contributed by atoms with Crippen LogP contribution >= 0.6 is 11.3 Å². The lowest BCUT2D eigenvalue weighted by atomic mass is 9.62. The third-order valence-electron chi connectivity index (χ3n) is 6.65. The zero-order chi connectivity index (χ0) is 19.7. The largest absolute Gasteiger partial charge is 0.255 e. The van der Waals surface area contributed by atoms with Crippen molar-refractivity contribution in [3.8, 4) is 11.3 Å². The van der Waals surface area contributed by atoms with Crippen LogP contribution < -0.4 is 0 Å². The van der Waals surface area contributed by atoms with Crippen molar-refractivity contribution in [3.63, 3.8) is 0 Å². The smallest absolute Gasteiger partial charge is 0.0880 e. The summed E-state index contributed by atoms with van der Waals surface area (Å²) < 4.78 is 2.79. The second-order valence-electron chi connectivity index (χ2n) is 9.59. The highest BCUT2D eigenvalue weighted by molar-refractivity contribution is 7.26. The van der Waals surface area contributed by atoms with Gasteiger partial charge in [-0.25, -0.2) is 0 Å². The van der Waals surface area contributed by atoms with Crippen LogP contribution in [0.1, 0.15) is 57.2 Å². The SMILES string of the molecule is Cc1cc2c(sc3c(-c4ccccc4)nccc32)c2c1C(C)(C)CCC2(C)C. The lowest BCUT2D eigenvalue weighted by Gasteiger charge is -2.43. The Morgan fingerprint density at radius 1 is 0.821 bits per heavy atom. The van der Waals surface area contributed by atoms with Gasteiger partial charge in [0.2, 0.25) is 0 Å². The summed E-state index contributed by atoms with van der Waals surface area (Å²) in [4.78, 5) is 4.78. The van der Waals surface area contributed by atoms with Crippen molar-refractivity contribution in [2.75, 3.05) is 0 Å². The summed E-state index contributed by atoms with van der Waals surface area (Å²) in [5.74, 6) is 0. The van der Waals surface area contributed by atoms with E-state index in [9.17, 15) is 0 Å². The number of rotatable bonds is 1. The summed E-state index contributed by atoms with van der Waals surface area (Å²) in [5.41, 5.74) is 7.35. The average molecular weight is 386 g/mol. The maximum atomic E-state index is 4.78. The van der Waals surface area contributed by atoms with Crippen molar-refractivity contribution in [2.45, 2.75) is 58.3 Å². The predicted molar refractivity (Wildman–Crippen MR) is 123 cm³/mol. The highest BCUT2D eigenvalue weighted by atomic mass is 32.1. The maximum Gasteiger partial charge on any atom is 0.0880 e. The number of benzene rings is 2. The standard InChI is InChI=1S/C26H27NS/c1-16-15-19-18-11-14-27-22(17-9-7-6-8-10-17)24(18)28-23(19)21-20(16)25(2,3)12-13-26(21,4)5/h6-11,14-15H,12-13H2,1-5H3. The van der Waals surface area contributed by atoms with Crippen molar-refractivity contribution in [3.05, 3.63) is 65.4 Å². The van der Waals surface area contributed by atoms with Gasteiger partial charge in [0.1, 0.15) is 0 Å². The molecule has 0 unspecified atom stereocenters. The van der Waals surface area contributed by atoms with E-state index in [0.717, 1.165) is 5.69 Å². The summed E-state index contributed by atoms with van der Waals surface area (Å²) in [6, 6.07) is 15.2. The molecule has 5 rings (SSSR count). The molecule has 2 heteroatoms. The first kappa shape index (κ1) is 17.9. The van der Waals surface area contributed by atoms with E-state index in [0.29, 0.717) is 0 Å². The Labute approximate surface area is 171 Å². The van der Waals surface area contributed by atoms with E-state index in [4.69, 9.17) is 4.98 Å². The molecule has 4 aromatic rings. The van der Waals surface area contributed by atoms with E-state index in [1.807, 2.05) is 17.5 Å². The number of nitrogens with zero attached hydrogens (tertiary/aromatic N) is 1. The molecule has 0 amide bonds. The number of hydrogen-bond donors (Lipinski definition) is 0. The van der Waals surface area contributed by atoms with Crippen LogP contribution in [-0.2, 0) is 10.8 Å². The highest BCUT2D eigenvalue weighted by Gasteiger charge is 2.40. The van der Waals surface area contributed by atoms with Crippen LogP contribution in [0.15, 0.2) is 48.7 Å². The van der Waals surface area contributed by atoms with Gasteiger partial charge < -0.3 is 0 Å². The van der Waals surface area contributed by atoms with Gasteiger partial charge in [0.25, 0.3) is 0 Å². The van der Waals surface area contributed by atoms with Crippen molar-refractivity contribution in [1.29, 1.82) is 0 Å². The molecule has 0 radical (unpaired) electrons. The summed E-state index contributed by atoms with van der Waals surface area (Å²) in [7, 11) is 0. The maximum absolute atomic E-state index is 4.78. The summed E-state index contributed by atoms with van der Waals surface area (Å²) in [6.07, 6.45) is 4.46. The highest BCUT2D eigenvalue weighted by Crippen LogP contribution is 2.53. The van der Waals surface area contributed by atoms with Crippen molar-refractivity contribution < 1.29 is 0 Å². The van der Waals surface area contributed by atoms with E-state index in [1.54, 1.807) is 11.1 Å². The molecule has 1 aliphatic rings. The number of fused-ring (bicyclic) bond motifs is 5. The predicted octanol–water partition coefficient (Wildman–Crippen LogP) is 7.77. The van der Waals surface area contributed by atoms with Crippen LogP contribution in [0.2, 0.25) is 0 Å². The van der Waals surface area contributed by atoms with E-state index >= 15 is 0 Å². The molecule has 2 aromatic carbocycles. The van der Waals surface area contributed by atoms with E-state index < -0.39 is 0 Å². The topological polar surface area (TPSA) is 12.9 Å². The number of aromatic nitrogens is 1. The quantitative estimate of drug-likeness (QED) is 0.326. The van der Waals surface area contributed by atoms with Crippen molar-refractivity contribution in [1.82, 2.24) is 4.98 Å². The van der Waals surface area contributed by atoms with Gasteiger partial charge >= 0.3 is 0 Å². The summed E-state index contributed by atoms with van der Waals surface area (Å²) in [5, 5.41) is 2.75. The fourth-order valence-electron chi connectivity index (χ4n) is 5.17. The van der Waals surface area contributed by atoms with Gasteiger partial charge in [-0.2, -0.15) is 0 Å². The van der Waals surface area contributed by atoms with E-state index in [-0.39, 0.29) is 10.8 Å². The number of thiophene rings is 1. The first-order valence-corrected chi connectivity index (χ1v) is 11.0. The molecule has 0 atom stereocenters. The lowest BCUT2D eigenvalue weighted by Crippen LogP contribution is -2.34. The normalized spacial score (nSPS) is 17.8. The average Bonchev–Trinajstić information content (AvgIpc) is 3.03. The minimum atomic E-state index is 0.205. The van der Waals surface area contributed by atoms with Crippen molar-refractivity contribution in [2.24, 2.45) is 0 Å². The molecule has 0 spiro atoms. The molecule has 0 bridgehead atoms. The zero-order valence-electron chi connectivity index (χ0n) is 17.4. The monoisotopic (exact) mass is 385 g/mol. The van der Waals surface area contributed by atoms with Crippen molar-refractivity contribution >= 4 is 31.5 Å². The molecule has 28 heavy (non-hydrogen) atoms.